The normalized spacial score (nSPS) is 11.7. The van der Waals surface area contributed by atoms with Crippen LogP contribution < -0.4 is 5.32 Å². The third-order valence-corrected chi connectivity index (χ3v) is 3.65. The first-order valence-corrected chi connectivity index (χ1v) is 6.47. The molecule has 0 saturated carbocycles. The molecule has 2 N–H and O–H groups in total. The van der Waals surface area contributed by atoms with Gasteiger partial charge < -0.3 is 10.4 Å². The van der Waals surface area contributed by atoms with Gasteiger partial charge in [0.1, 0.15) is 0 Å². The van der Waals surface area contributed by atoms with Crippen LogP contribution in [0.1, 0.15) is 32.3 Å². The lowest BCUT2D eigenvalue weighted by molar-refractivity contribution is 0.113. The van der Waals surface area contributed by atoms with Gasteiger partial charge in [-0.2, -0.15) is 0 Å². The van der Waals surface area contributed by atoms with E-state index in [4.69, 9.17) is 0 Å². The zero-order valence-corrected chi connectivity index (χ0v) is 10.9. The largest absolute Gasteiger partial charge is 0.396 e. The Balaban J connectivity index is 2.28. The molecule has 96 valence electrons. The van der Waals surface area contributed by atoms with E-state index in [2.05, 4.69) is 30.2 Å². The van der Waals surface area contributed by atoms with E-state index >= 15 is 0 Å². The first-order valence-electron chi connectivity index (χ1n) is 6.47. The van der Waals surface area contributed by atoms with E-state index in [1.54, 1.807) is 6.20 Å². The number of aliphatic hydroxyl groups is 1. The number of pyridine rings is 1. The molecule has 0 fully saturated rings. The molecular weight excluding hydrogens is 212 g/mol. The van der Waals surface area contributed by atoms with Crippen LogP contribution in [0.5, 0.6) is 0 Å². The zero-order valence-electron chi connectivity index (χ0n) is 10.9. The monoisotopic (exact) mass is 236 g/mol. The van der Waals surface area contributed by atoms with Crippen LogP contribution in [-0.2, 0) is 6.42 Å². The number of rotatable bonds is 8. The van der Waals surface area contributed by atoms with Gasteiger partial charge in [0, 0.05) is 31.0 Å². The van der Waals surface area contributed by atoms with Gasteiger partial charge in [-0.25, -0.2) is 0 Å². The van der Waals surface area contributed by atoms with Crippen molar-refractivity contribution in [2.24, 2.45) is 5.41 Å². The third kappa shape index (κ3) is 4.44. The Labute approximate surface area is 104 Å². The molecule has 0 aliphatic carbocycles. The van der Waals surface area contributed by atoms with Crippen LogP contribution in [0.15, 0.2) is 24.5 Å². The van der Waals surface area contributed by atoms with Crippen LogP contribution in [0.4, 0.5) is 0 Å². The molecule has 0 amide bonds. The molecule has 1 aromatic rings. The van der Waals surface area contributed by atoms with E-state index < -0.39 is 0 Å². The first-order chi connectivity index (χ1) is 8.26. The van der Waals surface area contributed by atoms with Crippen LogP contribution in [-0.4, -0.2) is 29.8 Å². The summed E-state index contributed by atoms with van der Waals surface area (Å²) >= 11 is 0. The second kappa shape index (κ2) is 7.41. The fourth-order valence-corrected chi connectivity index (χ4v) is 1.91. The van der Waals surface area contributed by atoms with Crippen LogP contribution >= 0.6 is 0 Å². The highest BCUT2D eigenvalue weighted by Gasteiger charge is 2.24. The van der Waals surface area contributed by atoms with Crippen LogP contribution in [0.3, 0.4) is 0 Å². The first kappa shape index (κ1) is 14.1. The molecule has 0 unspecified atom stereocenters. The Morgan fingerprint density at radius 3 is 2.65 bits per heavy atom. The molecule has 17 heavy (non-hydrogen) atoms. The maximum atomic E-state index is 9.44. The lowest BCUT2D eigenvalue weighted by atomic mass is 9.83. The molecule has 0 saturated heterocycles. The number of nitrogens with zero attached hydrogens (tertiary/aromatic N) is 1. The summed E-state index contributed by atoms with van der Waals surface area (Å²) < 4.78 is 0. The van der Waals surface area contributed by atoms with Gasteiger partial charge in [-0.05, 0) is 37.4 Å². The molecule has 3 nitrogen and oxygen atoms in total. The van der Waals surface area contributed by atoms with Crippen molar-refractivity contribution in [1.82, 2.24) is 10.3 Å². The van der Waals surface area contributed by atoms with Gasteiger partial charge in [-0.15, -0.1) is 0 Å². The van der Waals surface area contributed by atoms with Crippen LogP contribution in [0, 0.1) is 5.41 Å². The Hall–Kier alpha value is -0.930. The lowest BCUT2D eigenvalue weighted by Crippen LogP contribution is -2.37. The summed E-state index contributed by atoms with van der Waals surface area (Å²) in [4.78, 5) is 4.09. The van der Waals surface area contributed by atoms with E-state index in [-0.39, 0.29) is 12.0 Å². The minimum Gasteiger partial charge on any atom is -0.396 e. The standard InChI is InChI=1S/C14H24N2O/c1-3-14(4-2,12-17)11-16-9-7-13-6-5-8-15-10-13/h5-6,8,10,16-17H,3-4,7,9,11-12H2,1-2H3. The number of nitrogens with one attached hydrogen (secondary N) is 1. The average molecular weight is 236 g/mol. The van der Waals surface area contributed by atoms with Crippen molar-refractivity contribution >= 4 is 0 Å². The van der Waals surface area contributed by atoms with E-state index in [9.17, 15) is 5.11 Å². The van der Waals surface area contributed by atoms with Gasteiger partial charge in [0.05, 0.1) is 0 Å². The molecule has 1 rings (SSSR count). The number of aromatic nitrogens is 1. The Morgan fingerprint density at radius 2 is 2.12 bits per heavy atom. The molecule has 0 spiro atoms. The SMILES string of the molecule is CCC(CC)(CO)CNCCc1cccnc1. The maximum absolute atomic E-state index is 9.44. The number of hydrogen-bond donors (Lipinski definition) is 2. The molecule has 1 aromatic heterocycles. The predicted octanol–water partition coefficient (Wildman–Crippen LogP) is 2.01. The summed E-state index contributed by atoms with van der Waals surface area (Å²) in [6, 6.07) is 4.05. The van der Waals surface area contributed by atoms with Crippen molar-refractivity contribution < 1.29 is 5.11 Å². The van der Waals surface area contributed by atoms with E-state index in [0.717, 1.165) is 32.4 Å². The van der Waals surface area contributed by atoms with Crippen LogP contribution in [0.2, 0.25) is 0 Å². The van der Waals surface area contributed by atoms with Crippen molar-refractivity contribution in [2.45, 2.75) is 33.1 Å². The van der Waals surface area contributed by atoms with E-state index in [1.807, 2.05) is 12.3 Å². The number of aliphatic hydroxyl groups excluding tert-OH is 1. The highest BCUT2D eigenvalue weighted by Crippen LogP contribution is 2.24. The van der Waals surface area contributed by atoms with Crippen LogP contribution in [0.25, 0.3) is 0 Å². The predicted molar refractivity (Wildman–Crippen MR) is 70.9 cm³/mol. The second-order valence-electron chi connectivity index (χ2n) is 4.65. The molecule has 0 bridgehead atoms. The topological polar surface area (TPSA) is 45.1 Å². The fraction of sp³-hybridized carbons (Fsp3) is 0.643. The average Bonchev–Trinajstić information content (AvgIpc) is 2.41. The van der Waals surface area contributed by atoms with E-state index in [1.165, 1.54) is 5.56 Å². The summed E-state index contributed by atoms with van der Waals surface area (Å²) in [7, 11) is 0. The second-order valence-corrected chi connectivity index (χ2v) is 4.65. The molecule has 0 atom stereocenters. The summed E-state index contributed by atoms with van der Waals surface area (Å²) in [6.45, 7) is 6.37. The summed E-state index contributed by atoms with van der Waals surface area (Å²) in [5.74, 6) is 0. The van der Waals surface area contributed by atoms with E-state index in [0.29, 0.717) is 0 Å². The summed E-state index contributed by atoms with van der Waals surface area (Å²) in [5.41, 5.74) is 1.30. The Bertz CT molecular complexity index is 288. The fourth-order valence-electron chi connectivity index (χ4n) is 1.91. The van der Waals surface area contributed by atoms with Gasteiger partial charge in [-0.3, -0.25) is 4.98 Å². The highest BCUT2D eigenvalue weighted by molar-refractivity contribution is 5.08. The molecule has 0 aromatic carbocycles. The minimum absolute atomic E-state index is 0.0505. The Kier molecular flexibility index (Phi) is 6.16. The van der Waals surface area contributed by atoms with Gasteiger partial charge in [-0.1, -0.05) is 19.9 Å². The lowest BCUT2D eigenvalue weighted by Gasteiger charge is -2.29. The van der Waals surface area contributed by atoms with Gasteiger partial charge >= 0.3 is 0 Å². The van der Waals surface area contributed by atoms with Gasteiger partial charge in [0.25, 0.3) is 0 Å². The zero-order chi connectivity index (χ0) is 12.6. The maximum Gasteiger partial charge on any atom is 0.0499 e. The Morgan fingerprint density at radius 1 is 1.35 bits per heavy atom. The van der Waals surface area contributed by atoms with Gasteiger partial charge in [0.15, 0.2) is 0 Å². The quantitative estimate of drug-likeness (QED) is 0.679. The number of hydrogen-bond acceptors (Lipinski definition) is 3. The molecule has 0 aliphatic rings. The van der Waals surface area contributed by atoms with Crippen molar-refractivity contribution in [3.05, 3.63) is 30.1 Å². The van der Waals surface area contributed by atoms with Crippen molar-refractivity contribution in [1.29, 1.82) is 0 Å². The molecule has 3 heteroatoms. The smallest absolute Gasteiger partial charge is 0.0499 e. The molecule has 0 aliphatic heterocycles. The molecule has 1 heterocycles. The van der Waals surface area contributed by atoms with Crippen molar-refractivity contribution in [3.8, 4) is 0 Å². The molecular formula is C14H24N2O. The summed E-state index contributed by atoms with van der Waals surface area (Å²) in [6.07, 6.45) is 6.71. The summed E-state index contributed by atoms with van der Waals surface area (Å²) in [5, 5.41) is 12.9. The molecule has 0 radical (unpaired) electrons. The van der Waals surface area contributed by atoms with Crippen molar-refractivity contribution in [2.75, 3.05) is 19.7 Å². The highest BCUT2D eigenvalue weighted by atomic mass is 16.3. The third-order valence-electron chi connectivity index (χ3n) is 3.65. The van der Waals surface area contributed by atoms with Gasteiger partial charge in [0.2, 0.25) is 0 Å². The van der Waals surface area contributed by atoms with Crippen molar-refractivity contribution in [3.63, 3.8) is 0 Å². The minimum atomic E-state index is 0.0505.